The average molecular weight is 211 g/mol. The minimum absolute atomic E-state index is 0.0538. The molecule has 0 saturated heterocycles. The van der Waals surface area contributed by atoms with Crippen LogP contribution >= 0.6 is 0 Å². The SMILES string of the molecule is CCN(c1c(CO)c(C)nn1C)C(C)C. The summed E-state index contributed by atoms with van der Waals surface area (Å²) in [5, 5.41) is 13.7. The first-order valence-corrected chi connectivity index (χ1v) is 5.42. The number of aliphatic hydroxyl groups excluding tert-OH is 1. The highest BCUT2D eigenvalue weighted by Gasteiger charge is 2.19. The Balaban J connectivity index is 3.21. The Labute approximate surface area is 91.5 Å². The number of hydrogen-bond donors (Lipinski definition) is 1. The first-order valence-electron chi connectivity index (χ1n) is 5.42. The molecule has 4 nitrogen and oxygen atoms in total. The van der Waals surface area contributed by atoms with Gasteiger partial charge < -0.3 is 10.0 Å². The van der Waals surface area contributed by atoms with Gasteiger partial charge in [0.05, 0.1) is 12.3 Å². The van der Waals surface area contributed by atoms with E-state index in [0.29, 0.717) is 6.04 Å². The molecule has 1 aromatic heterocycles. The van der Waals surface area contributed by atoms with Crippen molar-refractivity contribution in [1.82, 2.24) is 9.78 Å². The quantitative estimate of drug-likeness (QED) is 0.819. The van der Waals surface area contributed by atoms with Crippen molar-refractivity contribution in [1.29, 1.82) is 0 Å². The van der Waals surface area contributed by atoms with Crippen molar-refractivity contribution in [2.45, 2.75) is 40.3 Å². The third kappa shape index (κ3) is 2.15. The maximum Gasteiger partial charge on any atom is 0.132 e. The Kier molecular flexibility index (Phi) is 3.74. The summed E-state index contributed by atoms with van der Waals surface area (Å²) in [5.74, 6) is 1.03. The predicted octanol–water partition coefficient (Wildman–Crippen LogP) is 1.46. The molecule has 0 amide bonds. The maximum atomic E-state index is 9.36. The maximum absolute atomic E-state index is 9.36. The zero-order chi connectivity index (χ0) is 11.6. The van der Waals surface area contributed by atoms with Crippen molar-refractivity contribution in [2.24, 2.45) is 7.05 Å². The molecular formula is C11H21N3O. The van der Waals surface area contributed by atoms with Crippen LogP contribution in [0.2, 0.25) is 0 Å². The van der Waals surface area contributed by atoms with Crippen molar-refractivity contribution in [3.8, 4) is 0 Å². The van der Waals surface area contributed by atoms with Crippen molar-refractivity contribution in [3.05, 3.63) is 11.3 Å². The van der Waals surface area contributed by atoms with Gasteiger partial charge in [0.15, 0.2) is 0 Å². The van der Waals surface area contributed by atoms with Crippen molar-refractivity contribution >= 4 is 5.82 Å². The van der Waals surface area contributed by atoms with Gasteiger partial charge in [-0.2, -0.15) is 5.10 Å². The lowest BCUT2D eigenvalue weighted by atomic mass is 10.2. The second-order valence-electron chi connectivity index (χ2n) is 4.05. The zero-order valence-corrected chi connectivity index (χ0v) is 10.3. The highest BCUT2D eigenvalue weighted by molar-refractivity contribution is 5.50. The summed E-state index contributed by atoms with van der Waals surface area (Å²) in [5.41, 5.74) is 1.85. The van der Waals surface area contributed by atoms with E-state index in [2.05, 4.69) is 30.8 Å². The molecule has 0 saturated carbocycles. The summed E-state index contributed by atoms with van der Waals surface area (Å²) in [6, 6.07) is 0.412. The smallest absolute Gasteiger partial charge is 0.132 e. The largest absolute Gasteiger partial charge is 0.391 e. The van der Waals surface area contributed by atoms with Gasteiger partial charge in [0.25, 0.3) is 0 Å². The third-order valence-corrected chi connectivity index (χ3v) is 2.71. The van der Waals surface area contributed by atoms with Gasteiger partial charge in [0.1, 0.15) is 5.82 Å². The number of aromatic nitrogens is 2. The number of anilines is 1. The molecule has 0 atom stereocenters. The van der Waals surface area contributed by atoms with Crippen LogP contribution in [0.15, 0.2) is 0 Å². The van der Waals surface area contributed by atoms with Gasteiger partial charge in [-0.25, -0.2) is 0 Å². The molecule has 0 aliphatic carbocycles. The number of nitrogens with zero attached hydrogens (tertiary/aromatic N) is 3. The topological polar surface area (TPSA) is 41.3 Å². The summed E-state index contributed by atoms with van der Waals surface area (Å²) in [6.45, 7) is 9.31. The van der Waals surface area contributed by atoms with E-state index >= 15 is 0 Å². The van der Waals surface area contributed by atoms with Crippen LogP contribution in [0, 0.1) is 6.92 Å². The van der Waals surface area contributed by atoms with Crippen LogP contribution in [-0.4, -0.2) is 27.5 Å². The number of hydrogen-bond acceptors (Lipinski definition) is 3. The monoisotopic (exact) mass is 211 g/mol. The first-order chi connectivity index (χ1) is 7.02. The highest BCUT2D eigenvalue weighted by atomic mass is 16.3. The Morgan fingerprint density at radius 2 is 2.07 bits per heavy atom. The number of aliphatic hydroxyl groups is 1. The van der Waals surface area contributed by atoms with Crippen molar-refractivity contribution in [3.63, 3.8) is 0 Å². The highest BCUT2D eigenvalue weighted by Crippen LogP contribution is 2.24. The molecule has 15 heavy (non-hydrogen) atoms. The van der Waals surface area contributed by atoms with Gasteiger partial charge >= 0.3 is 0 Å². The fourth-order valence-corrected chi connectivity index (χ4v) is 1.99. The van der Waals surface area contributed by atoms with Gasteiger partial charge in [-0.1, -0.05) is 0 Å². The third-order valence-electron chi connectivity index (χ3n) is 2.71. The minimum atomic E-state index is 0.0538. The Morgan fingerprint density at radius 3 is 2.47 bits per heavy atom. The van der Waals surface area contributed by atoms with E-state index in [1.165, 1.54) is 0 Å². The van der Waals surface area contributed by atoms with Crippen LogP contribution in [0.1, 0.15) is 32.0 Å². The molecule has 0 aliphatic rings. The normalized spacial score (nSPS) is 11.1. The van der Waals surface area contributed by atoms with Gasteiger partial charge in [0, 0.05) is 25.2 Å². The fraction of sp³-hybridized carbons (Fsp3) is 0.727. The van der Waals surface area contributed by atoms with Crippen molar-refractivity contribution in [2.75, 3.05) is 11.4 Å². The molecule has 0 unspecified atom stereocenters. The predicted molar refractivity (Wildman–Crippen MR) is 62.0 cm³/mol. The van der Waals surface area contributed by atoms with E-state index < -0.39 is 0 Å². The van der Waals surface area contributed by atoms with Crippen LogP contribution < -0.4 is 4.90 Å². The molecule has 1 heterocycles. The lowest BCUT2D eigenvalue weighted by Crippen LogP contribution is -2.32. The lowest BCUT2D eigenvalue weighted by Gasteiger charge is -2.28. The van der Waals surface area contributed by atoms with Crippen LogP contribution in [-0.2, 0) is 13.7 Å². The van der Waals surface area contributed by atoms with Crippen molar-refractivity contribution < 1.29 is 5.11 Å². The van der Waals surface area contributed by atoms with Gasteiger partial charge in [-0.15, -0.1) is 0 Å². The lowest BCUT2D eigenvalue weighted by molar-refractivity contribution is 0.281. The van der Waals surface area contributed by atoms with Crippen LogP contribution in [0.25, 0.3) is 0 Å². The Bertz CT molecular complexity index is 331. The minimum Gasteiger partial charge on any atom is -0.391 e. The molecule has 0 fully saturated rings. The van der Waals surface area contributed by atoms with Gasteiger partial charge in [-0.05, 0) is 27.7 Å². The summed E-state index contributed by atoms with van der Waals surface area (Å²) in [4.78, 5) is 2.24. The second-order valence-corrected chi connectivity index (χ2v) is 4.05. The van der Waals surface area contributed by atoms with Crippen LogP contribution in [0.4, 0.5) is 5.82 Å². The Hall–Kier alpha value is -1.03. The van der Waals surface area contributed by atoms with E-state index in [0.717, 1.165) is 23.6 Å². The van der Waals surface area contributed by atoms with E-state index in [-0.39, 0.29) is 6.61 Å². The van der Waals surface area contributed by atoms with E-state index in [4.69, 9.17) is 0 Å². The molecule has 1 N–H and O–H groups in total. The molecular weight excluding hydrogens is 190 g/mol. The van der Waals surface area contributed by atoms with E-state index in [1.54, 1.807) is 0 Å². The average Bonchev–Trinajstić information content (AvgIpc) is 2.42. The Morgan fingerprint density at radius 1 is 1.47 bits per heavy atom. The number of rotatable bonds is 4. The van der Waals surface area contributed by atoms with Gasteiger partial charge in [0.2, 0.25) is 0 Å². The molecule has 0 spiro atoms. The molecule has 0 aliphatic heterocycles. The fourth-order valence-electron chi connectivity index (χ4n) is 1.99. The molecule has 4 heteroatoms. The van der Waals surface area contributed by atoms with E-state index in [1.807, 2.05) is 18.7 Å². The molecule has 1 rings (SSSR count). The first kappa shape index (κ1) is 12.0. The molecule has 0 radical (unpaired) electrons. The van der Waals surface area contributed by atoms with Crippen LogP contribution in [0.5, 0.6) is 0 Å². The number of aryl methyl sites for hydroxylation is 2. The zero-order valence-electron chi connectivity index (χ0n) is 10.3. The standard InChI is InChI=1S/C11H21N3O/c1-6-14(8(2)3)11-10(7-15)9(4)12-13(11)5/h8,15H,6-7H2,1-5H3. The summed E-state index contributed by atoms with van der Waals surface area (Å²) < 4.78 is 1.85. The summed E-state index contributed by atoms with van der Waals surface area (Å²) in [6.07, 6.45) is 0. The summed E-state index contributed by atoms with van der Waals surface area (Å²) in [7, 11) is 1.92. The second kappa shape index (κ2) is 4.66. The summed E-state index contributed by atoms with van der Waals surface area (Å²) >= 11 is 0. The molecule has 1 aromatic rings. The van der Waals surface area contributed by atoms with Gasteiger partial charge in [-0.3, -0.25) is 4.68 Å². The molecule has 0 aromatic carbocycles. The van der Waals surface area contributed by atoms with Crippen LogP contribution in [0.3, 0.4) is 0 Å². The van der Waals surface area contributed by atoms with E-state index in [9.17, 15) is 5.11 Å². The molecule has 0 bridgehead atoms. The molecule has 86 valence electrons.